The van der Waals surface area contributed by atoms with Gasteiger partial charge in [-0.25, -0.2) is 4.79 Å². The Kier molecular flexibility index (Phi) is 7.05. The SMILES string of the molecule is CC(C)(C)OC(=O)C(N)C(=O)C(N)CCCCN. The minimum Gasteiger partial charge on any atom is -0.458 e. The zero-order valence-electron chi connectivity index (χ0n) is 11.4. The first kappa shape index (κ1) is 17.0. The number of ether oxygens (including phenoxy) is 1. The van der Waals surface area contributed by atoms with E-state index < -0.39 is 29.4 Å². The fraction of sp³-hybridized carbons (Fsp3) is 0.833. The second-order valence-electron chi connectivity index (χ2n) is 5.30. The highest BCUT2D eigenvalue weighted by Crippen LogP contribution is 2.09. The Labute approximate surface area is 108 Å². The van der Waals surface area contributed by atoms with Crippen LogP contribution in [0.4, 0.5) is 0 Å². The predicted octanol–water partition coefficient (Wildman–Crippen LogP) is -0.319. The molecule has 6 nitrogen and oxygen atoms in total. The fourth-order valence-corrected chi connectivity index (χ4v) is 1.36. The lowest BCUT2D eigenvalue weighted by molar-refractivity contribution is -0.158. The first-order valence-electron chi connectivity index (χ1n) is 6.17. The number of carbonyl (C=O) groups is 2. The van der Waals surface area contributed by atoms with Crippen molar-refractivity contribution in [3.05, 3.63) is 0 Å². The van der Waals surface area contributed by atoms with E-state index in [9.17, 15) is 9.59 Å². The van der Waals surface area contributed by atoms with Crippen LogP contribution in [0.3, 0.4) is 0 Å². The van der Waals surface area contributed by atoms with Gasteiger partial charge >= 0.3 is 5.97 Å². The molecule has 0 aliphatic carbocycles. The molecular formula is C12H25N3O3. The Morgan fingerprint density at radius 1 is 1.17 bits per heavy atom. The number of esters is 1. The van der Waals surface area contributed by atoms with Gasteiger partial charge in [0, 0.05) is 0 Å². The molecule has 0 heterocycles. The van der Waals surface area contributed by atoms with E-state index in [1.165, 1.54) is 0 Å². The highest BCUT2D eigenvalue weighted by molar-refractivity contribution is 6.05. The van der Waals surface area contributed by atoms with Gasteiger partial charge in [-0.1, -0.05) is 6.42 Å². The summed E-state index contributed by atoms with van der Waals surface area (Å²) in [5.74, 6) is -1.22. The summed E-state index contributed by atoms with van der Waals surface area (Å²) in [6.45, 7) is 5.69. The molecule has 0 aromatic carbocycles. The summed E-state index contributed by atoms with van der Waals surface area (Å²) < 4.78 is 5.04. The number of unbranched alkanes of at least 4 members (excludes halogenated alkanes) is 1. The van der Waals surface area contributed by atoms with Crippen LogP contribution < -0.4 is 17.2 Å². The van der Waals surface area contributed by atoms with Crippen molar-refractivity contribution in [2.24, 2.45) is 17.2 Å². The van der Waals surface area contributed by atoms with Crippen molar-refractivity contribution in [3.8, 4) is 0 Å². The third-order valence-corrected chi connectivity index (χ3v) is 2.30. The monoisotopic (exact) mass is 259 g/mol. The van der Waals surface area contributed by atoms with E-state index in [4.69, 9.17) is 21.9 Å². The van der Waals surface area contributed by atoms with Crippen LogP contribution in [0.5, 0.6) is 0 Å². The number of carbonyl (C=O) groups excluding carboxylic acids is 2. The molecule has 0 amide bonds. The summed E-state index contributed by atoms with van der Waals surface area (Å²) in [5.41, 5.74) is 15.9. The average Bonchev–Trinajstić information content (AvgIpc) is 2.24. The molecule has 0 fully saturated rings. The van der Waals surface area contributed by atoms with E-state index in [2.05, 4.69) is 0 Å². The average molecular weight is 259 g/mol. The van der Waals surface area contributed by atoms with Gasteiger partial charge in [-0.2, -0.15) is 0 Å². The third-order valence-electron chi connectivity index (χ3n) is 2.30. The minimum atomic E-state index is -1.31. The molecule has 0 radical (unpaired) electrons. The Balaban J connectivity index is 4.27. The Morgan fingerprint density at radius 2 is 1.72 bits per heavy atom. The van der Waals surface area contributed by atoms with Gasteiger partial charge in [0.15, 0.2) is 11.8 Å². The maximum atomic E-state index is 11.8. The number of hydrogen-bond acceptors (Lipinski definition) is 6. The zero-order valence-corrected chi connectivity index (χ0v) is 11.4. The highest BCUT2D eigenvalue weighted by Gasteiger charge is 2.30. The maximum Gasteiger partial charge on any atom is 0.331 e. The van der Waals surface area contributed by atoms with Crippen molar-refractivity contribution in [2.75, 3.05) is 6.54 Å². The molecule has 0 aliphatic heterocycles. The topological polar surface area (TPSA) is 121 Å². The predicted molar refractivity (Wildman–Crippen MR) is 69.7 cm³/mol. The van der Waals surface area contributed by atoms with Crippen LogP contribution in [-0.4, -0.2) is 36.0 Å². The van der Waals surface area contributed by atoms with Crippen LogP contribution >= 0.6 is 0 Å². The lowest BCUT2D eigenvalue weighted by Gasteiger charge is -2.22. The Hall–Kier alpha value is -0.980. The van der Waals surface area contributed by atoms with Crippen molar-refractivity contribution < 1.29 is 14.3 Å². The smallest absolute Gasteiger partial charge is 0.331 e. The van der Waals surface area contributed by atoms with Crippen molar-refractivity contribution >= 4 is 11.8 Å². The summed E-state index contributed by atoms with van der Waals surface area (Å²) in [5, 5.41) is 0. The number of hydrogen-bond donors (Lipinski definition) is 3. The van der Waals surface area contributed by atoms with Gasteiger partial charge in [-0.15, -0.1) is 0 Å². The standard InChI is InChI=1S/C12H25N3O3/c1-12(2,3)18-11(17)9(15)10(16)8(14)6-4-5-7-13/h8-9H,4-7,13-15H2,1-3H3. The van der Waals surface area contributed by atoms with E-state index in [0.29, 0.717) is 13.0 Å². The molecular weight excluding hydrogens is 234 g/mol. The van der Waals surface area contributed by atoms with E-state index in [1.54, 1.807) is 20.8 Å². The van der Waals surface area contributed by atoms with Crippen molar-refractivity contribution in [3.63, 3.8) is 0 Å². The second-order valence-corrected chi connectivity index (χ2v) is 5.30. The zero-order chi connectivity index (χ0) is 14.3. The van der Waals surface area contributed by atoms with Gasteiger partial charge in [0.2, 0.25) is 0 Å². The molecule has 2 unspecified atom stereocenters. The van der Waals surface area contributed by atoms with Gasteiger partial charge < -0.3 is 21.9 Å². The lowest BCUT2D eigenvalue weighted by atomic mass is 10.0. The minimum absolute atomic E-state index is 0.479. The van der Waals surface area contributed by atoms with Gasteiger partial charge in [-0.3, -0.25) is 4.79 Å². The summed E-state index contributed by atoms with van der Waals surface area (Å²) in [7, 11) is 0. The first-order valence-corrected chi connectivity index (χ1v) is 6.17. The number of ketones is 1. The molecule has 106 valence electrons. The van der Waals surface area contributed by atoms with Crippen LogP contribution in [0.2, 0.25) is 0 Å². The van der Waals surface area contributed by atoms with Crippen molar-refractivity contribution in [1.82, 2.24) is 0 Å². The van der Waals surface area contributed by atoms with Crippen LogP contribution in [0.25, 0.3) is 0 Å². The fourth-order valence-electron chi connectivity index (χ4n) is 1.36. The van der Waals surface area contributed by atoms with Crippen molar-refractivity contribution in [2.45, 2.75) is 57.7 Å². The molecule has 2 atom stereocenters. The number of rotatable bonds is 7. The summed E-state index contributed by atoms with van der Waals surface area (Å²) in [6, 6.07) is -2.05. The van der Waals surface area contributed by atoms with E-state index in [-0.39, 0.29) is 0 Å². The van der Waals surface area contributed by atoms with Crippen LogP contribution in [0, 0.1) is 0 Å². The second kappa shape index (κ2) is 7.45. The van der Waals surface area contributed by atoms with E-state index in [0.717, 1.165) is 12.8 Å². The molecule has 0 aromatic heterocycles. The van der Waals surface area contributed by atoms with Gasteiger partial charge in [0.25, 0.3) is 0 Å². The summed E-state index contributed by atoms with van der Waals surface area (Å²) in [6.07, 6.45) is 2.01. The molecule has 6 heteroatoms. The highest BCUT2D eigenvalue weighted by atomic mass is 16.6. The van der Waals surface area contributed by atoms with Gasteiger partial charge in [-0.05, 0) is 40.2 Å². The molecule has 0 rings (SSSR count). The summed E-state index contributed by atoms with van der Waals surface area (Å²) >= 11 is 0. The number of Topliss-reactive ketones (excluding diaryl/α,β-unsaturated/α-hetero) is 1. The first-order chi connectivity index (χ1) is 8.19. The van der Waals surface area contributed by atoms with Crippen LogP contribution in [0.1, 0.15) is 40.0 Å². The van der Waals surface area contributed by atoms with Crippen LogP contribution in [-0.2, 0) is 14.3 Å². The molecule has 0 bridgehead atoms. The Morgan fingerprint density at radius 3 is 2.17 bits per heavy atom. The largest absolute Gasteiger partial charge is 0.458 e. The quantitative estimate of drug-likeness (QED) is 0.327. The molecule has 0 aliphatic rings. The van der Waals surface area contributed by atoms with Crippen molar-refractivity contribution in [1.29, 1.82) is 0 Å². The van der Waals surface area contributed by atoms with Gasteiger partial charge in [0.05, 0.1) is 6.04 Å². The van der Waals surface area contributed by atoms with Gasteiger partial charge in [0.1, 0.15) is 5.60 Å². The third kappa shape index (κ3) is 6.68. The molecule has 18 heavy (non-hydrogen) atoms. The normalized spacial score (nSPS) is 15.0. The lowest BCUT2D eigenvalue weighted by Crippen LogP contribution is -2.49. The van der Waals surface area contributed by atoms with E-state index in [1.807, 2.05) is 0 Å². The molecule has 0 spiro atoms. The van der Waals surface area contributed by atoms with E-state index >= 15 is 0 Å². The molecule has 6 N–H and O–H groups in total. The molecule has 0 aromatic rings. The summed E-state index contributed by atoms with van der Waals surface area (Å²) in [4.78, 5) is 23.4. The molecule has 0 saturated heterocycles. The maximum absolute atomic E-state index is 11.8. The van der Waals surface area contributed by atoms with Crippen LogP contribution in [0.15, 0.2) is 0 Å². The number of nitrogens with two attached hydrogens (primary N) is 3. The Bertz CT molecular complexity index is 287. The molecule has 0 saturated carbocycles.